The summed E-state index contributed by atoms with van der Waals surface area (Å²) in [6, 6.07) is 7.69. The summed E-state index contributed by atoms with van der Waals surface area (Å²) >= 11 is 0. The molecule has 1 aromatic rings. The predicted molar refractivity (Wildman–Crippen MR) is 82.9 cm³/mol. The van der Waals surface area contributed by atoms with Crippen LogP contribution in [0.1, 0.15) is 12.5 Å². The minimum absolute atomic E-state index is 0.385. The van der Waals surface area contributed by atoms with Gasteiger partial charge in [-0.1, -0.05) is 30.4 Å². The number of allylic oxidation sites excluding steroid dienone is 2. The maximum Gasteiger partial charge on any atom is 0.341 e. The van der Waals surface area contributed by atoms with Gasteiger partial charge in [0, 0.05) is 0 Å². The monoisotopic (exact) mass is 288 g/mol. The molecular weight excluding hydrogens is 268 g/mol. The molecule has 0 heterocycles. The summed E-state index contributed by atoms with van der Waals surface area (Å²) in [7, 11) is 4.46. The van der Waals surface area contributed by atoms with E-state index in [2.05, 4.69) is 0 Å². The highest BCUT2D eigenvalue weighted by Gasteiger charge is 2.11. The molecule has 0 amide bonds. The Labute approximate surface area is 125 Å². The van der Waals surface area contributed by atoms with Gasteiger partial charge in [-0.05, 0) is 30.2 Å². The highest BCUT2D eigenvalue weighted by Crippen LogP contribution is 2.15. The number of esters is 1. The van der Waals surface area contributed by atoms with E-state index in [1.54, 1.807) is 7.11 Å². The molecule has 0 aliphatic heterocycles. The third kappa shape index (κ3) is 5.18. The lowest BCUT2D eigenvalue weighted by Crippen LogP contribution is -2.06. The zero-order valence-electron chi connectivity index (χ0n) is 12.8. The van der Waals surface area contributed by atoms with Crippen LogP contribution in [-0.2, 0) is 14.3 Å². The summed E-state index contributed by atoms with van der Waals surface area (Å²) in [5.41, 5.74) is 2.15. The molecule has 0 aliphatic carbocycles. The van der Waals surface area contributed by atoms with Crippen LogP contribution in [0.15, 0.2) is 53.8 Å². The van der Waals surface area contributed by atoms with Crippen LogP contribution in [0.25, 0.3) is 6.08 Å². The van der Waals surface area contributed by atoms with Gasteiger partial charge < -0.3 is 14.2 Å². The highest BCUT2D eigenvalue weighted by atomic mass is 16.5. The zero-order valence-corrected chi connectivity index (χ0v) is 12.8. The summed E-state index contributed by atoms with van der Waals surface area (Å²) in [6.45, 7) is 1.82. The van der Waals surface area contributed by atoms with Crippen molar-refractivity contribution in [3.05, 3.63) is 59.4 Å². The van der Waals surface area contributed by atoms with Crippen LogP contribution in [0, 0.1) is 0 Å². The molecule has 0 saturated heterocycles. The molecule has 1 rings (SSSR count). The first-order chi connectivity index (χ1) is 10.1. The van der Waals surface area contributed by atoms with E-state index in [0.717, 1.165) is 16.9 Å². The summed E-state index contributed by atoms with van der Waals surface area (Å²) in [5.74, 6) is 0.368. The molecule has 0 fully saturated rings. The van der Waals surface area contributed by atoms with Crippen molar-refractivity contribution in [2.45, 2.75) is 6.92 Å². The molecular formula is C17H20O4. The standard InChI is InChI=1S/C17H20O4/c1-13(16(12-19-2)17(18)21-4)7-5-8-14-9-6-10-15(11-14)20-3/h5-12H,1-4H3/b8-5+,13-7+,16-12+. The van der Waals surface area contributed by atoms with Crippen molar-refractivity contribution < 1.29 is 19.0 Å². The van der Waals surface area contributed by atoms with Crippen molar-refractivity contribution in [3.8, 4) is 5.75 Å². The summed E-state index contributed by atoms with van der Waals surface area (Å²) in [6.07, 6.45) is 6.97. The van der Waals surface area contributed by atoms with Crippen LogP contribution < -0.4 is 4.74 Å². The Hall–Kier alpha value is -2.49. The Morgan fingerprint density at radius 1 is 1.19 bits per heavy atom. The first-order valence-electron chi connectivity index (χ1n) is 6.43. The van der Waals surface area contributed by atoms with Crippen LogP contribution in [0.5, 0.6) is 5.75 Å². The average Bonchev–Trinajstić information content (AvgIpc) is 2.52. The second-order valence-corrected chi connectivity index (χ2v) is 4.24. The fourth-order valence-corrected chi connectivity index (χ4v) is 1.67. The number of rotatable bonds is 6. The lowest BCUT2D eigenvalue weighted by atomic mass is 10.1. The summed E-state index contributed by atoms with van der Waals surface area (Å²) < 4.78 is 14.8. The first-order valence-corrected chi connectivity index (χ1v) is 6.43. The van der Waals surface area contributed by atoms with Crippen molar-refractivity contribution in [1.29, 1.82) is 0 Å². The molecule has 0 radical (unpaired) electrons. The van der Waals surface area contributed by atoms with Crippen LogP contribution in [0.4, 0.5) is 0 Å². The molecule has 0 atom stereocenters. The summed E-state index contributed by atoms with van der Waals surface area (Å²) in [5, 5.41) is 0. The molecule has 0 bridgehead atoms. The third-order valence-corrected chi connectivity index (χ3v) is 2.79. The van der Waals surface area contributed by atoms with Gasteiger partial charge in [-0.3, -0.25) is 0 Å². The van der Waals surface area contributed by atoms with Gasteiger partial charge >= 0.3 is 5.97 Å². The molecule has 4 heteroatoms. The SMILES string of the molecule is CO\C=C(C(=O)OC)/C(C)=C/C=C/c1cccc(OC)c1. The van der Waals surface area contributed by atoms with Crippen molar-refractivity contribution in [1.82, 2.24) is 0 Å². The molecule has 112 valence electrons. The van der Waals surface area contributed by atoms with E-state index in [1.165, 1.54) is 20.5 Å². The van der Waals surface area contributed by atoms with Gasteiger partial charge in [0.25, 0.3) is 0 Å². The molecule has 0 aromatic heterocycles. The Kier molecular flexibility index (Phi) is 6.81. The number of carbonyl (C=O) groups is 1. The van der Waals surface area contributed by atoms with E-state index >= 15 is 0 Å². The molecule has 0 unspecified atom stereocenters. The van der Waals surface area contributed by atoms with E-state index in [9.17, 15) is 4.79 Å². The Morgan fingerprint density at radius 3 is 2.57 bits per heavy atom. The predicted octanol–water partition coefficient (Wildman–Crippen LogP) is 3.36. The van der Waals surface area contributed by atoms with Crippen molar-refractivity contribution in [2.24, 2.45) is 0 Å². The second-order valence-electron chi connectivity index (χ2n) is 4.24. The topological polar surface area (TPSA) is 44.8 Å². The van der Waals surface area contributed by atoms with Crippen molar-refractivity contribution in [2.75, 3.05) is 21.3 Å². The molecule has 4 nitrogen and oxygen atoms in total. The van der Waals surface area contributed by atoms with E-state index in [0.29, 0.717) is 5.57 Å². The smallest absolute Gasteiger partial charge is 0.341 e. The Morgan fingerprint density at radius 2 is 1.95 bits per heavy atom. The fraction of sp³-hybridized carbons (Fsp3) is 0.235. The largest absolute Gasteiger partial charge is 0.503 e. The van der Waals surface area contributed by atoms with Gasteiger partial charge in [-0.25, -0.2) is 4.79 Å². The van der Waals surface area contributed by atoms with Gasteiger partial charge in [0.05, 0.1) is 33.2 Å². The van der Waals surface area contributed by atoms with Gasteiger partial charge in [-0.2, -0.15) is 0 Å². The molecule has 0 saturated carbocycles. The quantitative estimate of drug-likeness (QED) is 0.348. The van der Waals surface area contributed by atoms with Crippen molar-refractivity contribution >= 4 is 12.0 Å². The fourth-order valence-electron chi connectivity index (χ4n) is 1.67. The average molecular weight is 288 g/mol. The number of hydrogen-bond acceptors (Lipinski definition) is 4. The molecule has 21 heavy (non-hydrogen) atoms. The number of ether oxygens (including phenoxy) is 3. The van der Waals surface area contributed by atoms with Crippen molar-refractivity contribution in [3.63, 3.8) is 0 Å². The lowest BCUT2D eigenvalue weighted by Gasteiger charge is -2.04. The van der Waals surface area contributed by atoms with Gasteiger partial charge in [0.2, 0.25) is 0 Å². The number of carbonyl (C=O) groups excluding carboxylic acids is 1. The zero-order chi connectivity index (χ0) is 15.7. The Balaban J connectivity index is 2.88. The maximum absolute atomic E-state index is 11.6. The van der Waals surface area contributed by atoms with Gasteiger partial charge in [0.15, 0.2) is 0 Å². The Bertz CT molecular complexity index is 568. The van der Waals surface area contributed by atoms with E-state index in [4.69, 9.17) is 14.2 Å². The number of hydrogen-bond donors (Lipinski definition) is 0. The normalized spacial score (nSPS) is 12.4. The number of benzene rings is 1. The first kappa shape index (κ1) is 16.6. The minimum Gasteiger partial charge on any atom is -0.503 e. The highest BCUT2D eigenvalue weighted by molar-refractivity contribution is 5.92. The van der Waals surface area contributed by atoms with Gasteiger partial charge in [-0.15, -0.1) is 0 Å². The summed E-state index contributed by atoms with van der Waals surface area (Å²) in [4.78, 5) is 11.6. The van der Waals surface area contributed by atoms with E-state index in [1.807, 2.05) is 49.4 Å². The van der Waals surface area contributed by atoms with Crippen LogP contribution in [0.2, 0.25) is 0 Å². The van der Waals surface area contributed by atoms with Gasteiger partial charge in [0.1, 0.15) is 5.75 Å². The second kappa shape index (κ2) is 8.64. The maximum atomic E-state index is 11.6. The molecule has 0 spiro atoms. The third-order valence-electron chi connectivity index (χ3n) is 2.79. The molecule has 1 aromatic carbocycles. The van der Waals surface area contributed by atoms with E-state index < -0.39 is 5.97 Å². The van der Waals surface area contributed by atoms with Crippen LogP contribution in [0.3, 0.4) is 0 Å². The lowest BCUT2D eigenvalue weighted by molar-refractivity contribution is -0.135. The molecule has 0 N–H and O–H groups in total. The van der Waals surface area contributed by atoms with Crippen LogP contribution >= 0.6 is 0 Å². The van der Waals surface area contributed by atoms with E-state index in [-0.39, 0.29) is 0 Å². The molecule has 0 aliphatic rings. The minimum atomic E-state index is -0.430. The number of methoxy groups -OCH3 is 3. The van der Waals surface area contributed by atoms with Crippen LogP contribution in [-0.4, -0.2) is 27.3 Å².